The molecular weight excluding hydrogens is 226 g/mol. The van der Waals surface area contributed by atoms with Gasteiger partial charge in [0.1, 0.15) is 0 Å². The predicted molar refractivity (Wildman–Crippen MR) is 71.8 cm³/mol. The third kappa shape index (κ3) is 3.29. The first-order valence-corrected chi connectivity index (χ1v) is 6.16. The van der Waals surface area contributed by atoms with Crippen molar-refractivity contribution in [2.24, 2.45) is 4.99 Å². The van der Waals surface area contributed by atoms with E-state index in [1.807, 2.05) is 24.3 Å². The lowest BCUT2D eigenvalue weighted by Gasteiger charge is -2.00. The first kappa shape index (κ1) is 12.6. The molecule has 0 bridgehead atoms. The minimum Gasteiger partial charge on any atom is -0.466 e. The van der Waals surface area contributed by atoms with E-state index < -0.39 is 0 Å². The van der Waals surface area contributed by atoms with E-state index in [9.17, 15) is 4.79 Å². The number of hydrogen-bond donors (Lipinski definition) is 0. The highest BCUT2D eigenvalue weighted by Gasteiger charge is 2.17. The molecule has 94 valence electrons. The quantitative estimate of drug-likeness (QED) is 0.602. The lowest BCUT2D eigenvalue weighted by molar-refractivity contribution is -0.134. The molecule has 0 aliphatic carbocycles. The fourth-order valence-corrected chi connectivity index (χ4v) is 2.06. The van der Waals surface area contributed by atoms with Crippen LogP contribution in [0.2, 0.25) is 0 Å². The van der Waals surface area contributed by atoms with Crippen LogP contribution in [-0.2, 0) is 9.53 Å². The van der Waals surface area contributed by atoms with E-state index in [4.69, 9.17) is 4.99 Å². The average Bonchev–Trinajstić information content (AvgIpc) is 2.88. The number of aliphatic imine (C=N–C) groups is 1. The van der Waals surface area contributed by atoms with Crippen LogP contribution in [0.5, 0.6) is 0 Å². The second-order valence-electron chi connectivity index (χ2n) is 4.30. The molecule has 0 spiro atoms. The van der Waals surface area contributed by atoms with Gasteiger partial charge in [0.2, 0.25) is 0 Å². The summed E-state index contributed by atoms with van der Waals surface area (Å²) in [6, 6.07) is 10.5. The summed E-state index contributed by atoms with van der Waals surface area (Å²) in [5, 5.41) is 0. The number of carbonyl (C=O) groups is 1. The van der Waals surface area contributed by atoms with Crippen molar-refractivity contribution < 1.29 is 9.53 Å². The molecule has 0 saturated heterocycles. The van der Waals surface area contributed by atoms with Crippen LogP contribution in [0.15, 0.2) is 47.5 Å². The maximum atomic E-state index is 10.9. The van der Waals surface area contributed by atoms with E-state index in [1.54, 1.807) is 0 Å². The zero-order valence-electron chi connectivity index (χ0n) is 10.5. The van der Waals surface area contributed by atoms with Crippen molar-refractivity contribution in [2.75, 3.05) is 7.11 Å². The third-order valence-corrected chi connectivity index (χ3v) is 3.02. The van der Waals surface area contributed by atoms with Crippen LogP contribution in [0.4, 0.5) is 0 Å². The van der Waals surface area contributed by atoms with Crippen molar-refractivity contribution in [1.29, 1.82) is 0 Å². The Morgan fingerprint density at radius 3 is 2.94 bits per heavy atom. The summed E-state index contributed by atoms with van der Waals surface area (Å²) in [6.45, 7) is 0. The Balaban J connectivity index is 1.93. The standard InChI is InChI=1S/C15H17NO2/c1-18-15(17)9-5-8-13-10-11-14(16-13)12-6-3-2-4-7-12/h2-7,9,13H,8,10-11H2,1H3/t13-/m1/s1. The monoisotopic (exact) mass is 243 g/mol. The zero-order valence-corrected chi connectivity index (χ0v) is 10.5. The molecule has 1 aliphatic rings. The van der Waals surface area contributed by atoms with Gasteiger partial charge in [-0.2, -0.15) is 0 Å². The van der Waals surface area contributed by atoms with Gasteiger partial charge in [-0.3, -0.25) is 4.99 Å². The molecule has 1 aromatic carbocycles. The Bertz CT molecular complexity index is 463. The van der Waals surface area contributed by atoms with Crippen LogP contribution >= 0.6 is 0 Å². The Labute approximate surface area is 107 Å². The van der Waals surface area contributed by atoms with Crippen molar-refractivity contribution in [1.82, 2.24) is 0 Å². The molecule has 1 heterocycles. The van der Waals surface area contributed by atoms with Crippen molar-refractivity contribution in [3.63, 3.8) is 0 Å². The van der Waals surface area contributed by atoms with E-state index in [-0.39, 0.29) is 5.97 Å². The lowest BCUT2D eigenvalue weighted by atomic mass is 10.1. The minimum absolute atomic E-state index is 0.293. The van der Waals surface area contributed by atoms with E-state index in [0.717, 1.165) is 19.3 Å². The van der Waals surface area contributed by atoms with E-state index in [1.165, 1.54) is 24.5 Å². The normalized spacial score (nSPS) is 18.9. The number of carbonyl (C=O) groups excluding carboxylic acids is 1. The zero-order chi connectivity index (χ0) is 12.8. The highest BCUT2D eigenvalue weighted by molar-refractivity contribution is 6.01. The van der Waals surface area contributed by atoms with Gasteiger partial charge < -0.3 is 4.74 Å². The Kier molecular flexibility index (Phi) is 4.29. The van der Waals surface area contributed by atoms with Gasteiger partial charge in [0.05, 0.1) is 13.2 Å². The molecule has 1 aromatic rings. The molecule has 3 nitrogen and oxygen atoms in total. The molecule has 0 aromatic heterocycles. The number of rotatable bonds is 4. The predicted octanol–water partition coefficient (Wildman–Crippen LogP) is 2.76. The van der Waals surface area contributed by atoms with Crippen LogP contribution in [0, 0.1) is 0 Å². The number of esters is 1. The summed E-state index contributed by atoms with van der Waals surface area (Å²) in [7, 11) is 1.38. The highest BCUT2D eigenvalue weighted by atomic mass is 16.5. The largest absolute Gasteiger partial charge is 0.466 e. The highest BCUT2D eigenvalue weighted by Crippen LogP contribution is 2.20. The lowest BCUT2D eigenvalue weighted by Crippen LogP contribution is -1.98. The topological polar surface area (TPSA) is 38.7 Å². The van der Waals surface area contributed by atoms with Gasteiger partial charge in [0.15, 0.2) is 0 Å². The molecule has 0 radical (unpaired) electrons. The van der Waals surface area contributed by atoms with Gasteiger partial charge in [0.25, 0.3) is 0 Å². The van der Waals surface area contributed by atoms with E-state index in [0.29, 0.717) is 6.04 Å². The number of hydrogen-bond acceptors (Lipinski definition) is 3. The first-order valence-electron chi connectivity index (χ1n) is 6.16. The minimum atomic E-state index is -0.305. The molecule has 1 atom stereocenters. The van der Waals surface area contributed by atoms with Crippen LogP contribution in [0.3, 0.4) is 0 Å². The maximum Gasteiger partial charge on any atom is 0.330 e. The summed E-state index contributed by atoms with van der Waals surface area (Å²) in [5.41, 5.74) is 2.38. The average molecular weight is 243 g/mol. The molecule has 2 rings (SSSR count). The molecule has 18 heavy (non-hydrogen) atoms. The van der Waals surface area contributed by atoms with Gasteiger partial charge >= 0.3 is 5.97 Å². The summed E-state index contributed by atoms with van der Waals surface area (Å²) in [5.74, 6) is -0.305. The van der Waals surface area contributed by atoms with Crippen molar-refractivity contribution >= 4 is 11.7 Å². The molecule has 0 unspecified atom stereocenters. The molecule has 0 amide bonds. The number of nitrogens with zero attached hydrogens (tertiary/aromatic N) is 1. The van der Waals surface area contributed by atoms with Crippen LogP contribution in [0.25, 0.3) is 0 Å². The molecule has 1 aliphatic heterocycles. The van der Waals surface area contributed by atoms with Gasteiger partial charge in [0, 0.05) is 11.8 Å². The maximum absolute atomic E-state index is 10.9. The van der Waals surface area contributed by atoms with Gasteiger partial charge in [-0.25, -0.2) is 4.79 Å². The van der Waals surface area contributed by atoms with E-state index in [2.05, 4.69) is 16.9 Å². The molecule has 3 heteroatoms. The second-order valence-corrected chi connectivity index (χ2v) is 4.30. The second kappa shape index (κ2) is 6.15. The number of ether oxygens (including phenoxy) is 1. The van der Waals surface area contributed by atoms with Crippen LogP contribution in [-0.4, -0.2) is 24.8 Å². The first-order chi connectivity index (χ1) is 8.79. The Hall–Kier alpha value is -1.90. The van der Waals surface area contributed by atoms with Gasteiger partial charge in [-0.15, -0.1) is 0 Å². The van der Waals surface area contributed by atoms with Gasteiger partial charge in [-0.1, -0.05) is 36.4 Å². The Morgan fingerprint density at radius 2 is 2.22 bits per heavy atom. The van der Waals surface area contributed by atoms with Crippen molar-refractivity contribution in [3.05, 3.63) is 48.0 Å². The smallest absolute Gasteiger partial charge is 0.330 e. The molecule has 0 fully saturated rings. The molecule has 0 saturated carbocycles. The third-order valence-electron chi connectivity index (χ3n) is 3.02. The van der Waals surface area contributed by atoms with Crippen LogP contribution < -0.4 is 0 Å². The fourth-order valence-electron chi connectivity index (χ4n) is 2.06. The summed E-state index contributed by atoms with van der Waals surface area (Å²) >= 11 is 0. The fraction of sp³-hybridized carbons (Fsp3) is 0.333. The van der Waals surface area contributed by atoms with Crippen LogP contribution in [0.1, 0.15) is 24.8 Å². The molecular formula is C15H17NO2. The summed E-state index contributed by atoms with van der Waals surface area (Å²) in [4.78, 5) is 15.6. The van der Waals surface area contributed by atoms with E-state index >= 15 is 0 Å². The van der Waals surface area contributed by atoms with Gasteiger partial charge in [-0.05, 0) is 24.8 Å². The SMILES string of the molecule is COC(=O)C=CC[C@@H]1CCC(c2ccccc2)=N1. The molecule has 0 N–H and O–H groups in total. The number of benzene rings is 1. The summed E-state index contributed by atoms with van der Waals surface area (Å²) < 4.78 is 4.54. The Morgan fingerprint density at radius 1 is 1.44 bits per heavy atom. The van der Waals surface area contributed by atoms with Crippen molar-refractivity contribution in [2.45, 2.75) is 25.3 Å². The van der Waals surface area contributed by atoms with Crippen molar-refractivity contribution in [3.8, 4) is 0 Å². The number of methoxy groups -OCH3 is 1. The summed E-state index contributed by atoms with van der Waals surface area (Å²) in [6.07, 6.45) is 6.17.